The van der Waals surface area contributed by atoms with Crippen molar-refractivity contribution >= 4 is 15.8 Å². The molecule has 1 atom stereocenters. The van der Waals surface area contributed by atoms with Crippen LogP contribution in [0, 0.1) is 5.82 Å². The zero-order valence-corrected chi connectivity index (χ0v) is 8.66. The van der Waals surface area contributed by atoms with E-state index in [4.69, 9.17) is 5.11 Å². The second-order valence-electron chi connectivity index (χ2n) is 2.98. The van der Waals surface area contributed by atoms with Gasteiger partial charge in [0, 0.05) is 0 Å². The summed E-state index contributed by atoms with van der Waals surface area (Å²) in [5, 5.41) is 6.99. The van der Waals surface area contributed by atoms with Gasteiger partial charge in [-0.15, -0.1) is 0 Å². The van der Waals surface area contributed by atoms with Gasteiger partial charge in [-0.25, -0.2) is 12.8 Å². The minimum absolute atomic E-state index is 0.322. The van der Waals surface area contributed by atoms with Crippen molar-refractivity contribution in [1.29, 1.82) is 0 Å². The van der Waals surface area contributed by atoms with Crippen LogP contribution in [0.15, 0.2) is 29.2 Å². The summed E-state index contributed by atoms with van der Waals surface area (Å²) in [6.45, 7) is 1.04. The van der Waals surface area contributed by atoms with Crippen LogP contribution in [0.2, 0.25) is 0 Å². The molecular weight excluding hydrogens is 223 g/mol. The fourth-order valence-electron chi connectivity index (χ4n) is 0.981. The summed E-state index contributed by atoms with van der Waals surface area (Å²) in [6, 6.07) is 4.27. The average molecular weight is 232 g/mol. The van der Waals surface area contributed by atoms with Crippen molar-refractivity contribution < 1.29 is 22.7 Å². The monoisotopic (exact) mass is 232 g/mol. The van der Waals surface area contributed by atoms with Crippen LogP contribution in [-0.4, -0.2) is 24.7 Å². The van der Waals surface area contributed by atoms with Crippen LogP contribution in [0.1, 0.15) is 6.92 Å². The molecule has 0 spiro atoms. The maximum absolute atomic E-state index is 12.8. The fourth-order valence-corrected chi connectivity index (χ4v) is 2.20. The molecule has 0 heterocycles. The van der Waals surface area contributed by atoms with E-state index >= 15 is 0 Å². The van der Waals surface area contributed by atoms with Crippen molar-refractivity contribution in [2.75, 3.05) is 0 Å². The highest BCUT2D eigenvalue weighted by atomic mass is 32.2. The lowest BCUT2D eigenvalue weighted by molar-refractivity contribution is -0.136. The van der Waals surface area contributed by atoms with Gasteiger partial charge in [0.25, 0.3) is 0 Å². The minimum atomic E-state index is -4.00. The van der Waals surface area contributed by atoms with E-state index in [9.17, 15) is 17.6 Å². The van der Waals surface area contributed by atoms with Crippen LogP contribution < -0.4 is 0 Å². The summed E-state index contributed by atoms with van der Waals surface area (Å²) >= 11 is 0. The third-order valence-electron chi connectivity index (χ3n) is 1.94. The Balaban J connectivity index is 3.23. The predicted octanol–water partition coefficient (Wildman–Crippen LogP) is 1.07. The Morgan fingerprint density at radius 2 is 2.07 bits per heavy atom. The number of carboxylic acids is 1. The molecule has 0 aliphatic rings. The SMILES string of the molecule is CC(C(=O)O)S(=O)(=O)c1cccc(F)c1. The highest BCUT2D eigenvalue weighted by Gasteiger charge is 2.29. The summed E-state index contributed by atoms with van der Waals surface area (Å²) in [6.07, 6.45) is 0. The molecule has 0 aromatic heterocycles. The molecule has 1 rings (SSSR count). The molecule has 0 aliphatic heterocycles. The van der Waals surface area contributed by atoms with Crippen LogP contribution in [-0.2, 0) is 14.6 Å². The molecule has 0 aliphatic carbocycles. The Kier molecular flexibility index (Phi) is 3.09. The van der Waals surface area contributed by atoms with E-state index in [1.165, 1.54) is 6.07 Å². The van der Waals surface area contributed by atoms with E-state index < -0.39 is 26.9 Å². The maximum atomic E-state index is 12.8. The molecule has 1 N–H and O–H groups in total. The normalized spacial score (nSPS) is 13.5. The number of carbonyl (C=O) groups is 1. The molecule has 0 saturated carbocycles. The number of aliphatic carboxylic acids is 1. The first-order valence-electron chi connectivity index (χ1n) is 4.08. The van der Waals surface area contributed by atoms with Gasteiger partial charge in [0.05, 0.1) is 4.90 Å². The second kappa shape index (κ2) is 3.98. The number of sulfone groups is 1. The van der Waals surface area contributed by atoms with E-state index in [0.29, 0.717) is 0 Å². The van der Waals surface area contributed by atoms with Crippen LogP contribution in [0.3, 0.4) is 0 Å². The van der Waals surface area contributed by atoms with Gasteiger partial charge in [-0.1, -0.05) is 6.07 Å². The number of benzene rings is 1. The Bertz CT molecular complexity index is 481. The van der Waals surface area contributed by atoms with E-state index in [2.05, 4.69) is 0 Å². The lowest BCUT2D eigenvalue weighted by atomic mass is 10.3. The van der Waals surface area contributed by atoms with Crippen LogP contribution in [0.5, 0.6) is 0 Å². The zero-order chi connectivity index (χ0) is 11.6. The maximum Gasteiger partial charge on any atom is 0.321 e. The summed E-state index contributed by atoms with van der Waals surface area (Å²) in [4.78, 5) is 10.2. The van der Waals surface area contributed by atoms with E-state index in [-0.39, 0.29) is 4.90 Å². The van der Waals surface area contributed by atoms with Gasteiger partial charge in [-0.2, -0.15) is 0 Å². The van der Waals surface area contributed by atoms with Gasteiger partial charge in [0.2, 0.25) is 0 Å². The first-order valence-corrected chi connectivity index (χ1v) is 5.62. The highest BCUT2D eigenvalue weighted by molar-refractivity contribution is 7.92. The zero-order valence-electron chi connectivity index (χ0n) is 7.84. The molecule has 15 heavy (non-hydrogen) atoms. The Labute approximate surface area is 86.3 Å². The molecule has 0 fully saturated rings. The molecule has 1 unspecified atom stereocenters. The van der Waals surface area contributed by atoms with Crippen LogP contribution >= 0.6 is 0 Å². The summed E-state index contributed by atoms with van der Waals surface area (Å²) in [5.41, 5.74) is 0. The Hall–Kier alpha value is -1.43. The van der Waals surface area contributed by atoms with Gasteiger partial charge in [0.1, 0.15) is 5.82 Å². The summed E-state index contributed by atoms with van der Waals surface area (Å²) in [5.74, 6) is -2.17. The topological polar surface area (TPSA) is 71.4 Å². The predicted molar refractivity (Wildman–Crippen MR) is 50.7 cm³/mol. The first kappa shape index (κ1) is 11.6. The molecule has 1 aromatic rings. The number of hydrogen-bond donors (Lipinski definition) is 1. The number of carboxylic acid groups (broad SMARTS) is 1. The third-order valence-corrected chi connectivity index (χ3v) is 3.98. The standard InChI is InChI=1S/C9H9FO4S/c1-6(9(11)12)15(13,14)8-4-2-3-7(10)5-8/h2-6H,1H3,(H,11,12). The van der Waals surface area contributed by atoms with Gasteiger partial charge in [-0.05, 0) is 25.1 Å². The van der Waals surface area contributed by atoms with Crippen LogP contribution in [0.25, 0.3) is 0 Å². The lowest BCUT2D eigenvalue weighted by Gasteiger charge is -2.08. The number of rotatable bonds is 3. The van der Waals surface area contributed by atoms with Gasteiger partial charge in [0.15, 0.2) is 15.1 Å². The van der Waals surface area contributed by atoms with E-state index in [1.807, 2.05) is 0 Å². The molecule has 4 nitrogen and oxygen atoms in total. The van der Waals surface area contributed by atoms with Crippen molar-refractivity contribution in [3.63, 3.8) is 0 Å². The molecule has 1 aromatic carbocycles. The average Bonchev–Trinajstić information content (AvgIpc) is 2.16. The van der Waals surface area contributed by atoms with Gasteiger partial charge < -0.3 is 5.11 Å². The highest BCUT2D eigenvalue weighted by Crippen LogP contribution is 2.16. The molecule has 0 amide bonds. The van der Waals surface area contributed by atoms with Crippen molar-refractivity contribution in [3.05, 3.63) is 30.1 Å². The molecule has 0 radical (unpaired) electrons. The van der Waals surface area contributed by atoms with E-state index in [1.54, 1.807) is 0 Å². The molecule has 0 saturated heterocycles. The quantitative estimate of drug-likeness (QED) is 0.846. The number of hydrogen-bond acceptors (Lipinski definition) is 3. The Morgan fingerprint density at radius 3 is 2.53 bits per heavy atom. The van der Waals surface area contributed by atoms with Crippen LogP contribution in [0.4, 0.5) is 4.39 Å². The van der Waals surface area contributed by atoms with Gasteiger partial charge >= 0.3 is 5.97 Å². The van der Waals surface area contributed by atoms with Gasteiger partial charge in [-0.3, -0.25) is 4.79 Å². The fraction of sp³-hybridized carbons (Fsp3) is 0.222. The van der Waals surface area contributed by atoms with Crippen molar-refractivity contribution in [2.45, 2.75) is 17.1 Å². The minimum Gasteiger partial charge on any atom is -0.480 e. The molecule has 82 valence electrons. The van der Waals surface area contributed by atoms with Crippen molar-refractivity contribution in [1.82, 2.24) is 0 Å². The van der Waals surface area contributed by atoms with Crippen molar-refractivity contribution in [2.24, 2.45) is 0 Å². The number of halogens is 1. The first-order chi connectivity index (χ1) is 6.85. The Morgan fingerprint density at radius 1 is 1.47 bits per heavy atom. The van der Waals surface area contributed by atoms with Crippen molar-refractivity contribution in [3.8, 4) is 0 Å². The third kappa shape index (κ3) is 2.33. The summed E-state index contributed by atoms with van der Waals surface area (Å²) < 4.78 is 35.9. The largest absolute Gasteiger partial charge is 0.480 e. The molecular formula is C9H9FO4S. The second-order valence-corrected chi connectivity index (χ2v) is 5.25. The summed E-state index contributed by atoms with van der Waals surface area (Å²) in [7, 11) is -4.00. The molecule has 6 heteroatoms. The van der Waals surface area contributed by atoms with E-state index in [0.717, 1.165) is 25.1 Å². The lowest BCUT2D eigenvalue weighted by Crippen LogP contribution is -2.26. The smallest absolute Gasteiger partial charge is 0.321 e. The molecule has 0 bridgehead atoms.